The maximum Gasteiger partial charge on any atom is 0.266 e. The van der Waals surface area contributed by atoms with Gasteiger partial charge in [-0.1, -0.05) is 48.5 Å². The molecule has 0 aromatic heterocycles. The molecule has 178 valence electrons. The van der Waals surface area contributed by atoms with Crippen LogP contribution in [0.3, 0.4) is 0 Å². The van der Waals surface area contributed by atoms with Gasteiger partial charge in [0, 0.05) is 12.8 Å². The van der Waals surface area contributed by atoms with Crippen molar-refractivity contribution in [2.75, 3.05) is 32.2 Å². The molecule has 0 aliphatic carbocycles. The van der Waals surface area contributed by atoms with Crippen molar-refractivity contribution < 1.29 is 19.1 Å². The molecule has 8 heteroatoms. The number of para-hydroxylation sites is 2. The van der Waals surface area contributed by atoms with E-state index in [1.54, 1.807) is 24.1 Å². The lowest BCUT2D eigenvalue weighted by atomic mass is 10.2. The number of nitrogens with one attached hydrogen (secondary N) is 1. The minimum atomic E-state index is -0.239. The quantitative estimate of drug-likeness (QED) is 0.432. The van der Waals surface area contributed by atoms with Crippen LogP contribution in [-0.2, 0) is 14.3 Å². The molecular weight excluding hydrogens is 462 g/mol. The van der Waals surface area contributed by atoms with Crippen molar-refractivity contribution in [1.29, 1.82) is 0 Å². The fourth-order valence-electron chi connectivity index (χ4n) is 3.26. The van der Waals surface area contributed by atoms with Gasteiger partial charge in [-0.15, -0.1) is 0 Å². The number of rotatable bonds is 9. The van der Waals surface area contributed by atoms with Gasteiger partial charge < -0.3 is 14.8 Å². The van der Waals surface area contributed by atoms with E-state index in [9.17, 15) is 9.59 Å². The summed E-state index contributed by atoms with van der Waals surface area (Å²) in [4.78, 5) is 32.0. The Hall–Kier alpha value is -3.88. The smallest absolute Gasteiger partial charge is 0.266 e. The van der Waals surface area contributed by atoms with Crippen molar-refractivity contribution in [2.45, 2.75) is 0 Å². The van der Waals surface area contributed by atoms with Gasteiger partial charge in [-0.2, -0.15) is 0 Å². The molecule has 0 spiro atoms. The first-order chi connectivity index (χ1) is 17.1. The minimum absolute atomic E-state index is 0.0998. The van der Waals surface area contributed by atoms with Crippen molar-refractivity contribution in [3.05, 3.63) is 95.4 Å². The molecule has 0 unspecified atom stereocenters. The van der Waals surface area contributed by atoms with Crippen LogP contribution in [-0.4, -0.2) is 48.8 Å². The molecule has 2 amide bonds. The van der Waals surface area contributed by atoms with Crippen molar-refractivity contribution in [3.8, 4) is 5.75 Å². The van der Waals surface area contributed by atoms with Crippen LogP contribution in [0.2, 0.25) is 0 Å². The van der Waals surface area contributed by atoms with E-state index in [0.717, 1.165) is 16.9 Å². The highest BCUT2D eigenvalue weighted by molar-refractivity contribution is 8.18. The van der Waals surface area contributed by atoms with E-state index >= 15 is 0 Å². The van der Waals surface area contributed by atoms with E-state index in [2.05, 4.69) is 10.3 Å². The van der Waals surface area contributed by atoms with E-state index in [1.807, 2.05) is 78.9 Å². The number of anilines is 1. The second-order valence-corrected chi connectivity index (χ2v) is 8.57. The van der Waals surface area contributed by atoms with Crippen molar-refractivity contribution in [1.82, 2.24) is 4.90 Å². The van der Waals surface area contributed by atoms with E-state index in [-0.39, 0.29) is 18.4 Å². The molecule has 1 fully saturated rings. The highest BCUT2D eigenvalue weighted by atomic mass is 32.2. The van der Waals surface area contributed by atoms with Gasteiger partial charge in [0.25, 0.3) is 11.8 Å². The van der Waals surface area contributed by atoms with Gasteiger partial charge in [-0.05, 0) is 59.8 Å². The Labute approximate surface area is 208 Å². The second kappa shape index (κ2) is 12.0. The first kappa shape index (κ1) is 24.3. The SMILES string of the molecule is COCCN1C(=O)/C(=C\c2ccc(OCC(=O)Nc3ccccc3)cc2)SC1=Nc1ccccc1. The molecule has 35 heavy (non-hydrogen) atoms. The van der Waals surface area contributed by atoms with E-state index in [1.165, 1.54) is 11.8 Å². The zero-order chi connectivity index (χ0) is 24.5. The van der Waals surface area contributed by atoms with Crippen LogP contribution < -0.4 is 10.1 Å². The Morgan fingerprint density at radius 2 is 1.69 bits per heavy atom. The van der Waals surface area contributed by atoms with Gasteiger partial charge in [0.15, 0.2) is 11.8 Å². The first-order valence-corrected chi connectivity index (χ1v) is 11.9. The minimum Gasteiger partial charge on any atom is -0.484 e. The summed E-state index contributed by atoms with van der Waals surface area (Å²) < 4.78 is 10.8. The maximum absolute atomic E-state index is 13.0. The number of aliphatic imine (C=N–C) groups is 1. The number of amidine groups is 1. The molecule has 0 saturated carbocycles. The normalized spacial score (nSPS) is 15.6. The lowest BCUT2D eigenvalue weighted by Gasteiger charge is -2.14. The predicted octanol–water partition coefficient (Wildman–Crippen LogP) is 4.95. The van der Waals surface area contributed by atoms with E-state index in [0.29, 0.717) is 29.0 Å². The van der Waals surface area contributed by atoms with Crippen LogP contribution in [0.4, 0.5) is 11.4 Å². The van der Waals surface area contributed by atoms with Gasteiger partial charge in [0.2, 0.25) is 0 Å². The Morgan fingerprint density at radius 3 is 2.37 bits per heavy atom. The van der Waals surface area contributed by atoms with Crippen LogP contribution in [0.25, 0.3) is 6.08 Å². The lowest BCUT2D eigenvalue weighted by Crippen LogP contribution is -2.32. The molecule has 1 aliphatic heterocycles. The third kappa shape index (κ3) is 6.81. The van der Waals surface area contributed by atoms with Crippen molar-refractivity contribution in [3.63, 3.8) is 0 Å². The van der Waals surface area contributed by atoms with E-state index < -0.39 is 0 Å². The fraction of sp³-hybridized carbons (Fsp3) is 0.148. The van der Waals surface area contributed by atoms with Gasteiger partial charge in [-0.3, -0.25) is 14.5 Å². The molecule has 1 saturated heterocycles. The number of methoxy groups -OCH3 is 1. The zero-order valence-corrected chi connectivity index (χ0v) is 20.0. The standard InChI is InChI=1S/C27H25N3O4S/c1-33-17-16-30-26(32)24(35-27(30)29-22-10-6-3-7-11-22)18-20-12-14-23(15-13-20)34-19-25(31)28-21-8-4-2-5-9-21/h2-15,18H,16-17,19H2,1H3,(H,28,31)/b24-18+,29-27?. The van der Waals surface area contributed by atoms with E-state index in [4.69, 9.17) is 9.47 Å². The monoisotopic (exact) mass is 487 g/mol. The second-order valence-electron chi connectivity index (χ2n) is 7.56. The number of hydrogen-bond donors (Lipinski definition) is 1. The summed E-state index contributed by atoms with van der Waals surface area (Å²) in [7, 11) is 1.60. The van der Waals surface area contributed by atoms with Crippen LogP contribution in [0.1, 0.15) is 5.56 Å². The summed E-state index contributed by atoms with van der Waals surface area (Å²) >= 11 is 1.33. The Balaban J connectivity index is 1.41. The third-order valence-corrected chi connectivity index (χ3v) is 6.00. The molecule has 0 atom stereocenters. The number of nitrogens with zero attached hydrogens (tertiary/aromatic N) is 2. The Bertz CT molecular complexity index is 1210. The molecule has 1 N–H and O–H groups in total. The van der Waals surface area contributed by atoms with Gasteiger partial charge >= 0.3 is 0 Å². The number of benzene rings is 3. The molecule has 3 aromatic carbocycles. The average Bonchev–Trinajstić information content (AvgIpc) is 3.17. The van der Waals surface area contributed by atoms with Crippen molar-refractivity contribution >= 4 is 46.2 Å². The summed E-state index contributed by atoms with van der Waals surface area (Å²) in [6.07, 6.45) is 1.83. The van der Waals surface area contributed by atoms with Crippen LogP contribution in [0.15, 0.2) is 94.8 Å². The third-order valence-electron chi connectivity index (χ3n) is 4.99. The maximum atomic E-state index is 13.0. The Kier molecular flexibility index (Phi) is 8.32. The number of carbonyl (C=O) groups excluding carboxylic acids is 2. The largest absolute Gasteiger partial charge is 0.484 e. The predicted molar refractivity (Wildman–Crippen MR) is 140 cm³/mol. The number of carbonyl (C=O) groups is 2. The zero-order valence-electron chi connectivity index (χ0n) is 19.2. The molecule has 4 rings (SSSR count). The highest BCUT2D eigenvalue weighted by Gasteiger charge is 2.33. The number of hydrogen-bond acceptors (Lipinski definition) is 6. The summed E-state index contributed by atoms with van der Waals surface area (Å²) in [6.45, 7) is 0.734. The highest BCUT2D eigenvalue weighted by Crippen LogP contribution is 2.34. The van der Waals surface area contributed by atoms with Crippen LogP contribution in [0.5, 0.6) is 5.75 Å². The molecular formula is C27H25N3O4S. The first-order valence-electron chi connectivity index (χ1n) is 11.0. The molecule has 3 aromatic rings. The van der Waals surface area contributed by atoms with Gasteiger partial charge in [0.1, 0.15) is 5.75 Å². The fourth-order valence-corrected chi connectivity index (χ4v) is 4.29. The summed E-state index contributed by atoms with van der Waals surface area (Å²) in [5.74, 6) is 0.213. The average molecular weight is 488 g/mol. The van der Waals surface area contributed by atoms with Crippen molar-refractivity contribution in [2.24, 2.45) is 4.99 Å². The number of ether oxygens (including phenoxy) is 2. The summed E-state index contributed by atoms with van der Waals surface area (Å²) in [6, 6.07) is 26.0. The number of thioether (sulfide) groups is 1. The van der Waals surface area contributed by atoms with Crippen LogP contribution in [0, 0.1) is 0 Å². The lowest BCUT2D eigenvalue weighted by molar-refractivity contribution is -0.122. The molecule has 0 radical (unpaired) electrons. The van der Waals surface area contributed by atoms with Gasteiger partial charge in [-0.25, -0.2) is 4.99 Å². The Morgan fingerprint density at radius 1 is 1.00 bits per heavy atom. The molecule has 1 aliphatic rings. The molecule has 0 bridgehead atoms. The molecule has 1 heterocycles. The number of amides is 2. The van der Waals surface area contributed by atoms with Gasteiger partial charge in [0.05, 0.1) is 23.7 Å². The topological polar surface area (TPSA) is 80.2 Å². The summed E-state index contributed by atoms with van der Waals surface area (Å²) in [5.41, 5.74) is 2.34. The van der Waals surface area contributed by atoms with Crippen LogP contribution >= 0.6 is 11.8 Å². The summed E-state index contributed by atoms with van der Waals surface area (Å²) in [5, 5.41) is 3.40. The molecule has 7 nitrogen and oxygen atoms in total.